The summed E-state index contributed by atoms with van der Waals surface area (Å²) < 4.78 is 31.3. The normalized spacial score (nSPS) is 12.3. The highest BCUT2D eigenvalue weighted by Crippen LogP contribution is 2.25. The Morgan fingerprint density at radius 2 is 2.05 bits per heavy atom. The van der Waals surface area contributed by atoms with E-state index in [-0.39, 0.29) is 22.5 Å². The average Bonchev–Trinajstić information content (AvgIpc) is 2.68. The van der Waals surface area contributed by atoms with E-state index in [1.54, 1.807) is 13.8 Å². The van der Waals surface area contributed by atoms with Crippen LogP contribution in [0.2, 0.25) is 0 Å². The Hall–Kier alpha value is -1.34. The van der Waals surface area contributed by atoms with Crippen molar-refractivity contribution in [1.29, 1.82) is 0 Å². The largest absolute Gasteiger partial charge is 0.475 e. The molecule has 1 N–H and O–H groups in total. The summed E-state index contributed by atoms with van der Waals surface area (Å²) in [7, 11) is -3.73. The Balaban J connectivity index is 3.29. The third-order valence-electron chi connectivity index (χ3n) is 2.69. The number of carbonyl (C=O) groups is 1. The molecular weight excluding hydrogens is 270 g/mol. The Labute approximate surface area is 113 Å². The maximum Gasteiger partial charge on any atom is 0.371 e. The van der Waals surface area contributed by atoms with Crippen molar-refractivity contribution in [2.24, 2.45) is 0 Å². The molecule has 0 spiro atoms. The van der Waals surface area contributed by atoms with Crippen LogP contribution in [0.1, 0.15) is 43.5 Å². The van der Waals surface area contributed by atoms with Gasteiger partial charge < -0.3 is 9.52 Å². The maximum absolute atomic E-state index is 12.5. The van der Waals surface area contributed by atoms with Crippen LogP contribution in [-0.4, -0.2) is 36.4 Å². The molecule has 0 atom stereocenters. The molecule has 6 nitrogen and oxygen atoms in total. The Bertz CT molecular complexity index is 559. The minimum absolute atomic E-state index is 0.0768. The number of aryl methyl sites for hydroxylation is 1. The first-order valence-corrected chi connectivity index (χ1v) is 7.51. The van der Waals surface area contributed by atoms with Gasteiger partial charge in [0.1, 0.15) is 10.7 Å². The minimum atomic E-state index is -3.73. The number of carboxylic acids is 1. The predicted octanol–water partition coefficient (Wildman–Crippen LogP) is 2.10. The summed E-state index contributed by atoms with van der Waals surface area (Å²) in [6, 6.07) is 0.866. The zero-order valence-corrected chi connectivity index (χ0v) is 12.3. The summed E-state index contributed by atoms with van der Waals surface area (Å²) in [5, 5.41) is 8.84. The molecule has 1 aromatic heterocycles. The summed E-state index contributed by atoms with van der Waals surface area (Å²) in [5.74, 6) is -1.55. The summed E-state index contributed by atoms with van der Waals surface area (Å²) in [6.07, 6.45) is 0.681. The van der Waals surface area contributed by atoms with Crippen molar-refractivity contribution in [3.63, 3.8) is 0 Å². The lowest BCUT2D eigenvalue weighted by molar-refractivity contribution is 0.0661. The van der Waals surface area contributed by atoms with Gasteiger partial charge in [-0.25, -0.2) is 13.2 Å². The lowest BCUT2D eigenvalue weighted by Gasteiger charge is -2.24. The van der Waals surface area contributed by atoms with E-state index in [1.165, 1.54) is 11.2 Å². The van der Waals surface area contributed by atoms with E-state index >= 15 is 0 Å². The fourth-order valence-electron chi connectivity index (χ4n) is 1.83. The van der Waals surface area contributed by atoms with Gasteiger partial charge in [0.2, 0.25) is 15.8 Å². The number of rotatable bonds is 6. The molecule has 7 heteroatoms. The number of hydrogen-bond acceptors (Lipinski definition) is 4. The van der Waals surface area contributed by atoms with Crippen molar-refractivity contribution in [3.05, 3.63) is 17.6 Å². The average molecular weight is 289 g/mol. The van der Waals surface area contributed by atoms with Gasteiger partial charge in [-0.15, -0.1) is 0 Å². The van der Waals surface area contributed by atoms with Crippen LogP contribution in [-0.2, 0) is 10.0 Å². The molecule has 0 aliphatic rings. The van der Waals surface area contributed by atoms with Crippen LogP contribution in [0, 0.1) is 6.92 Å². The van der Waals surface area contributed by atoms with Crippen LogP contribution in [0.25, 0.3) is 0 Å². The molecule has 0 saturated heterocycles. The highest BCUT2D eigenvalue weighted by molar-refractivity contribution is 7.89. The molecule has 1 aromatic rings. The number of hydrogen-bond donors (Lipinski definition) is 1. The van der Waals surface area contributed by atoms with Gasteiger partial charge in [-0.2, -0.15) is 4.31 Å². The third-order valence-corrected chi connectivity index (χ3v) is 4.87. The van der Waals surface area contributed by atoms with Crippen LogP contribution in [0.4, 0.5) is 0 Å². The Morgan fingerprint density at radius 3 is 2.42 bits per heavy atom. The summed E-state index contributed by atoms with van der Waals surface area (Å²) in [4.78, 5) is 10.7. The van der Waals surface area contributed by atoms with Gasteiger partial charge in [0, 0.05) is 18.7 Å². The molecule has 0 aliphatic carbocycles. The zero-order valence-electron chi connectivity index (χ0n) is 11.5. The molecule has 0 radical (unpaired) electrons. The molecule has 19 heavy (non-hydrogen) atoms. The van der Waals surface area contributed by atoms with Gasteiger partial charge in [-0.3, -0.25) is 0 Å². The van der Waals surface area contributed by atoms with E-state index in [0.717, 1.165) is 6.07 Å². The van der Waals surface area contributed by atoms with Crippen molar-refractivity contribution in [2.75, 3.05) is 6.54 Å². The topological polar surface area (TPSA) is 87.8 Å². The minimum Gasteiger partial charge on any atom is -0.475 e. The predicted molar refractivity (Wildman–Crippen MR) is 69.7 cm³/mol. The van der Waals surface area contributed by atoms with Gasteiger partial charge in [0.25, 0.3) is 0 Å². The number of carboxylic acid groups (broad SMARTS) is 1. The molecule has 1 rings (SSSR count). The summed E-state index contributed by atoms with van der Waals surface area (Å²) in [5.41, 5.74) is 0. The second kappa shape index (κ2) is 5.75. The summed E-state index contributed by atoms with van der Waals surface area (Å²) >= 11 is 0. The van der Waals surface area contributed by atoms with E-state index in [0.29, 0.717) is 13.0 Å². The van der Waals surface area contributed by atoms with E-state index in [9.17, 15) is 13.2 Å². The fourth-order valence-corrected chi connectivity index (χ4v) is 3.72. The second-order valence-electron chi connectivity index (χ2n) is 4.55. The number of aromatic carboxylic acids is 1. The van der Waals surface area contributed by atoms with Gasteiger partial charge >= 0.3 is 5.97 Å². The quantitative estimate of drug-likeness (QED) is 0.866. The van der Waals surface area contributed by atoms with E-state index in [2.05, 4.69) is 0 Å². The number of sulfonamides is 1. The van der Waals surface area contributed by atoms with Crippen LogP contribution >= 0.6 is 0 Å². The van der Waals surface area contributed by atoms with Crippen LogP contribution < -0.4 is 0 Å². The monoisotopic (exact) mass is 289 g/mol. The van der Waals surface area contributed by atoms with E-state index < -0.39 is 16.0 Å². The molecule has 0 aromatic carbocycles. The van der Waals surface area contributed by atoms with Gasteiger partial charge in [0.15, 0.2) is 0 Å². The molecule has 0 aliphatic heterocycles. The van der Waals surface area contributed by atoms with Crippen molar-refractivity contribution >= 4 is 16.0 Å². The van der Waals surface area contributed by atoms with E-state index in [1.807, 2.05) is 6.92 Å². The van der Waals surface area contributed by atoms with Crippen LogP contribution in [0.5, 0.6) is 0 Å². The van der Waals surface area contributed by atoms with Crippen molar-refractivity contribution in [1.82, 2.24) is 4.31 Å². The Morgan fingerprint density at radius 1 is 1.47 bits per heavy atom. The van der Waals surface area contributed by atoms with Gasteiger partial charge in [0.05, 0.1) is 0 Å². The molecule has 0 unspecified atom stereocenters. The van der Waals surface area contributed by atoms with Crippen LogP contribution in [0.15, 0.2) is 15.4 Å². The van der Waals surface area contributed by atoms with E-state index in [4.69, 9.17) is 9.52 Å². The van der Waals surface area contributed by atoms with Crippen molar-refractivity contribution in [2.45, 2.75) is 45.1 Å². The maximum atomic E-state index is 12.5. The smallest absolute Gasteiger partial charge is 0.371 e. The summed E-state index contributed by atoms with van der Waals surface area (Å²) in [6.45, 7) is 7.27. The highest BCUT2D eigenvalue weighted by Gasteiger charge is 2.31. The van der Waals surface area contributed by atoms with Gasteiger partial charge in [-0.05, 0) is 27.2 Å². The lowest BCUT2D eigenvalue weighted by Crippen LogP contribution is -2.37. The highest BCUT2D eigenvalue weighted by atomic mass is 32.2. The van der Waals surface area contributed by atoms with Gasteiger partial charge in [-0.1, -0.05) is 6.92 Å². The first-order chi connectivity index (χ1) is 8.71. The first kappa shape index (κ1) is 15.7. The first-order valence-electron chi connectivity index (χ1n) is 6.07. The SMILES string of the molecule is CCCN(C(C)C)S(=O)(=O)c1cc(C(=O)O)oc1C. The number of furan rings is 1. The molecule has 0 fully saturated rings. The fraction of sp³-hybridized carbons (Fsp3) is 0.583. The lowest BCUT2D eigenvalue weighted by atomic mass is 10.4. The molecule has 1 heterocycles. The second-order valence-corrected chi connectivity index (χ2v) is 6.40. The molecule has 0 amide bonds. The molecule has 108 valence electrons. The molecular formula is C12H19NO5S. The number of nitrogens with zero attached hydrogens (tertiary/aromatic N) is 1. The molecule has 0 bridgehead atoms. The van der Waals surface area contributed by atoms with Crippen molar-refractivity contribution < 1.29 is 22.7 Å². The third kappa shape index (κ3) is 3.16. The van der Waals surface area contributed by atoms with Crippen LogP contribution in [0.3, 0.4) is 0 Å². The van der Waals surface area contributed by atoms with Crippen molar-refractivity contribution in [3.8, 4) is 0 Å². The Kier molecular flexibility index (Phi) is 4.75. The standard InChI is InChI=1S/C12H19NO5S/c1-5-6-13(8(2)3)19(16,17)11-7-10(12(14)15)18-9(11)4/h7-8H,5-6H2,1-4H3,(H,14,15). The molecule has 0 saturated carbocycles. The zero-order chi connectivity index (χ0) is 14.8.